The molecule has 8 heteroatoms. The van der Waals surface area contributed by atoms with Crippen molar-refractivity contribution in [1.29, 1.82) is 0 Å². The Morgan fingerprint density at radius 2 is 1.73 bits per heavy atom. The van der Waals surface area contributed by atoms with Crippen LogP contribution < -0.4 is 4.72 Å². The number of hydrogen-bond donors (Lipinski definition) is 1. The van der Waals surface area contributed by atoms with Gasteiger partial charge in [-0.15, -0.1) is 0 Å². The summed E-state index contributed by atoms with van der Waals surface area (Å²) < 4.78 is 31.1. The van der Waals surface area contributed by atoms with E-state index in [4.69, 9.17) is 16.3 Å². The fourth-order valence-electron chi connectivity index (χ4n) is 2.18. The highest BCUT2D eigenvalue weighted by atomic mass is 35.5. The average Bonchev–Trinajstić information content (AvgIpc) is 2.61. The van der Waals surface area contributed by atoms with E-state index in [2.05, 4.69) is 4.72 Å². The Hall–Kier alpha value is -2.22. The van der Waals surface area contributed by atoms with Crippen LogP contribution in [0.5, 0.6) is 0 Å². The van der Waals surface area contributed by atoms with Crippen molar-refractivity contribution in [2.45, 2.75) is 24.8 Å². The Morgan fingerprint density at radius 1 is 1.12 bits per heavy atom. The molecule has 0 aliphatic heterocycles. The highest BCUT2D eigenvalue weighted by Crippen LogP contribution is 2.22. The molecule has 2 aromatic carbocycles. The normalized spacial score (nSPS) is 12.5. The molecule has 0 saturated heterocycles. The maximum atomic E-state index is 12.4. The maximum Gasteiger partial charge on any atom is 0.340 e. The molecule has 6 nitrogen and oxygen atoms in total. The van der Waals surface area contributed by atoms with E-state index in [0.29, 0.717) is 5.56 Å². The van der Waals surface area contributed by atoms with E-state index >= 15 is 0 Å². The summed E-state index contributed by atoms with van der Waals surface area (Å²) in [6.07, 6.45) is -1.05. The van der Waals surface area contributed by atoms with Gasteiger partial charge in [0.1, 0.15) is 0 Å². The lowest BCUT2D eigenvalue weighted by molar-refractivity contribution is 0.0318. The van der Waals surface area contributed by atoms with Crippen molar-refractivity contribution in [3.63, 3.8) is 0 Å². The Morgan fingerprint density at radius 3 is 2.31 bits per heavy atom. The molecule has 0 spiro atoms. The lowest BCUT2D eigenvalue weighted by Crippen LogP contribution is -2.25. The molecule has 2 aromatic rings. The smallest absolute Gasteiger partial charge is 0.340 e. The second-order valence-electron chi connectivity index (χ2n) is 5.63. The molecule has 26 heavy (non-hydrogen) atoms. The predicted molar refractivity (Wildman–Crippen MR) is 98.1 cm³/mol. The lowest BCUT2D eigenvalue weighted by Gasteiger charge is -2.14. The first kappa shape index (κ1) is 20.1. The van der Waals surface area contributed by atoms with E-state index in [9.17, 15) is 18.0 Å². The number of ketones is 1. The minimum absolute atomic E-state index is 0.0278. The van der Waals surface area contributed by atoms with E-state index in [0.717, 1.165) is 11.6 Å². The SMILES string of the molecule is CNS(=O)(=O)c1ccc(Cl)c(C(=O)O[C@H](C)C(=O)c2ccc(C)cc2)c1. The molecule has 138 valence electrons. The average molecular weight is 396 g/mol. The molecule has 0 fully saturated rings. The van der Waals surface area contributed by atoms with Gasteiger partial charge in [-0.1, -0.05) is 41.4 Å². The van der Waals surface area contributed by atoms with Gasteiger partial charge in [0, 0.05) is 5.56 Å². The molecule has 1 N–H and O–H groups in total. The van der Waals surface area contributed by atoms with Gasteiger partial charge in [0.05, 0.1) is 15.5 Å². The minimum atomic E-state index is -3.75. The Kier molecular flexibility index (Phi) is 6.17. The molecule has 0 radical (unpaired) electrons. The predicted octanol–water partition coefficient (Wildman–Crippen LogP) is 2.98. The summed E-state index contributed by atoms with van der Waals surface area (Å²) in [5, 5.41) is 0.0278. The van der Waals surface area contributed by atoms with Gasteiger partial charge in [-0.05, 0) is 39.1 Å². The van der Waals surface area contributed by atoms with Crippen LogP contribution in [0.4, 0.5) is 0 Å². The van der Waals surface area contributed by atoms with Crippen LogP contribution in [-0.4, -0.2) is 33.3 Å². The molecule has 0 amide bonds. The van der Waals surface area contributed by atoms with E-state index in [1.54, 1.807) is 24.3 Å². The van der Waals surface area contributed by atoms with Gasteiger partial charge in [0.25, 0.3) is 0 Å². The summed E-state index contributed by atoms with van der Waals surface area (Å²) in [6.45, 7) is 3.34. The number of carbonyl (C=O) groups excluding carboxylic acids is 2. The zero-order valence-electron chi connectivity index (χ0n) is 14.4. The van der Waals surface area contributed by atoms with Crippen LogP contribution in [0.15, 0.2) is 47.4 Å². The number of esters is 1. The number of carbonyl (C=O) groups is 2. The van der Waals surface area contributed by atoms with Crippen LogP contribution in [0.2, 0.25) is 5.02 Å². The van der Waals surface area contributed by atoms with Crippen molar-refractivity contribution in [2.24, 2.45) is 0 Å². The molecule has 0 heterocycles. The first-order valence-electron chi connectivity index (χ1n) is 7.70. The third-order valence-corrected chi connectivity index (χ3v) is 5.47. The molecular weight excluding hydrogens is 378 g/mol. The fraction of sp³-hybridized carbons (Fsp3) is 0.222. The standard InChI is InChI=1S/C18H18ClNO5S/c1-11-4-6-13(7-5-11)17(21)12(2)25-18(22)15-10-14(8-9-16(15)19)26(23,24)20-3/h4-10,12,20H,1-3H3/t12-/m1/s1. The number of nitrogens with one attached hydrogen (secondary N) is 1. The van der Waals surface area contributed by atoms with Crippen molar-refractivity contribution in [1.82, 2.24) is 4.72 Å². The Labute approximate surface area is 157 Å². The molecule has 0 unspecified atom stereocenters. The number of hydrogen-bond acceptors (Lipinski definition) is 5. The summed E-state index contributed by atoms with van der Waals surface area (Å²) in [5.74, 6) is -1.25. The first-order chi connectivity index (χ1) is 12.2. The number of rotatable bonds is 6. The second kappa shape index (κ2) is 7.99. The zero-order valence-corrected chi connectivity index (χ0v) is 16.0. The molecular formula is C18H18ClNO5S. The van der Waals surface area contributed by atoms with Crippen LogP contribution in [-0.2, 0) is 14.8 Å². The van der Waals surface area contributed by atoms with Gasteiger partial charge in [-0.2, -0.15) is 0 Å². The monoisotopic (exact) mass is 395 g/mol. The van der Waals surface area contributed by atoms with Gasteiger partial charge in [0.15, 0.2) is 6.10 Å². The number of aryl methyl sites for hydroxylation is 1. The lowest BCUT2D eigenvalue weighted by atomic mass is 10.1. The third kappa shape index (κ3) is 4.49. The number of benzene rings is 2. The van der Waals surface area contributed by atoms with Crippen LogP contribution >= 0.6 is 11.6 Å². The first-order valence-corrected chi connectivity index (χ1v) is 9.57. The largest absolute Gasteiger partial charge is 0.451 e. The summed E-state index contributed by atoms with van der Waals surface area (Å²) in [4.78, 5) is 24.6. The number of sulfonamides is 1. The van der Waals surface area contributed by atoms with Gasteiger partial charge < -0.3 is 4.74 Å². The van der Waals surface area contributed by atoms with E-state index in [1.165, 1.54) is 26.1 Å². The molecule has 1 atom stereocenters. The summed E-state index contributed by atoms with van der Waals surface area (Å²) in [6, 6.07) is 10.5. The van der Waals surface area contributed by atoms with E-state index < -0.39 is 22.1 Å². The second-order valence-corrected chi connectivity index (χ2v) is 7.92. The van der Waals surface area contributed by atoms with E-state index in [-0.39, 0.29) is 21.3 Å². The fourth-order valence-corrected chi connectivity index (χ4v) is 3.13. The molecule has 0 aliphatic carbocycles. The molecule has 2 rings (SSSR count). The summed E-state index contributed by atoms with van der Waals surface area (Å²) in [5.41, 5.74) is 1.28. The minimum Gasteiger partial charge on any atom is -0.451 e. The molecule has 0 aromatic heterocycles. The van der Waals surface area contributed by atoms with Crippen molar-refractivity contribution < 1.29 is 22.7 Å². The van der Waals surface area contributed by atoms with Crippen LogP contribution in [0, 0.1) is 6.92 Å². The van der Waals surface area contributed by atoms with Gasteiger partial charge in [-0.25, -0.2) is 17.9 Å². The molecule has 0 aliphatic rings. The highest BCUT2D eigenvalue weighted by molar-refractivity contribution is 7.89. The molecule has 0 saturated carbocycles. The van der Waals surface area contributed by atoms with Gasteiger partial charge >= 0.3 is 5.97 Å². The maximum absolute atomic E-state index is 12.4. The topological polar surface area (TPSA) is 89.5 Å². The number of ether oxygens (including phenoxy) is 1. The van der Waals surface area contributed by atoms with Crippen LogP contribution in [0.3, 0.4) is 0 Å². The van der Waals surface area contributed by atoms with Crippen molar-refractivity contribution >= 4 is 33.4 Å². The number of Topliss-reactive ketones (excluding diaryl/α,β-unsaturated/α-hetero) is 1. The van der Waals surface area contributed by atoms with Crippen LogP contribution in [0.1, 0.15) is 33.2 Å². The summed E-state index contributed by atoms with van der Waals surface area (Å²) >= 11 is 5.98. The van der Waals surface area contributed by atoms with Crippen molar-refractivity contribution in [2.75, 3.05) is 7.05 Å². The molecule has 0 bridgehead atoms. The van der Waals surface area contributed by atoms with Crippen LogP contribution in [0.25, 0.3) is 0 Å². The zero-order chi connectivity index (χ0) is 19.5. The Bertz CT molecular complexity index is 939. The quantitative estimate of drug-likeness (QED) is 0.599. The van der Waals surface area contributed by atoms with Gasteiger partial charge in [-0.3, -0.25) is 4.79 Å². The number of halogens is 1. The van der Waals surface area contributed by atoms with Gasteiger partial charge in [0.2, 0.25) is 15.8 Å². The van der Waals surface area contributed by atoms with Crippen molar-refractivity contribution in [3.05, 3.63) is 64.2 Å². The highest BCUT2D eigenvalue weighted by Gasteiger charge is 2.23. The van der Waals surface area contributed by atoms with Crippen molar-refractivity contribution in [3.8, 4) is 0 Å². The Balaban J connectivity index is 2.22. The van der Waals surface area contributed by atoms with E-state index in [1.807, 2.05) is 6.92 Å². The summed E-state index contributed by atoms with van der Waals surface area (Å²) in [7, 11) is -2.49. The third-order valence-electron chi connectivity index (χ3n) is 3.73.